The molecule has 50 heavy (non-hydrogen) atoms. The van der Waals surface area contributed by atoms with E-state index < -0.39 is 5.41 Å². The SMILES string of the molecule is N#Cc1cc(-c2ccc(-c3nc4ccccc4n3-c3ccc(F)cc3)cc2)cc2c1Sc1ccccc1C21c2ccccc2C2C=CC=CC21. The van der Waals surface area contributed by atoms with E-state index in [0.29, 0.717) is 5.56 Å². The number of rotatable bonds is 3. The van der Waals surface area contributed by atoms with E-state index in [2.05, 4.69) is 114 Å². The smallest absolute Gasteiger partial charge is 0.145 e. The Morgan fingerprint density at radius 3 is 2.26 bits per heavy atom. The lowest BCUT2D eigenvalue weighted by atomic mass is 9.62. The molecule has 0 fully saturated rings. The molecule has 2 heterocycles. The van der Waals surface area contributed by atoms with Gasteiger partial charge in [-0.25, -0.2) is 9.37 Å². The fourth-order valence-electron chi connectivity index (χ4n) is 8.59. The third-order valence-electron chi connectivity index (χ3n) is 10.7. The Bertz CT molecular complexity index is 2610. The van der Waals surface area contributed by atoms with E-state index in [0.717, 1.165) is 44.1 Å². The molecule has 2 aliphatic carbocycles. The summed E-state index contributed by atoms with van der Waals surface area (Å²) in [5.74, 6) is 0.927. The molecule has 10 rings (SSSR count). The van der Waals surface area contributed by atoms with Crippen LogP contribution in [0.5, 0.6) is 0 Å². The number of aromatic nitrogens is 2. The predicted molar refractivity (Wildman–Crippen MR) is 198 cm³/mol. The van der Waals surface area contributed by atoms with E-state index in [4.69, 9.17) is 4.98 Å². The Morgan fingerprint density at radius 2 is 1.42 bits per heavy atom. The molecule has 1 aliphatic heterocycles. The van der Waals surface area contributed by atoms with E-state index in [1.165, 1.54) is 39.3 Å². The second-order valence-electron chi connectivity index (χ2n) is 13.1. The molecule has 0 saturated heterocycles. The minimum atomic E-state index is -0.443. The summed E-state index contributed by atoms with van der Waals surface area (Å²) in [4.78, 5) is 7.25. The van der Waals surface area contributed by atoms with Crippen LogP contribution in [0.2, 0.25) is 0 Å². The molecule has 1 aromatic heterocycles. The van der Waals surface area contributed by atoms with E-state index in [1.807, 2.05) is 30.3 Å². The highest BCUT2D eigenvalue weighted by atomic mass is 32.2. The zero-order valence-corrected chi connectivity index (χ0v) is 27.6. The van der Waals surface area contributed by atoms with Crippen LogP contribution >= 0.6 is 11.8 Å². The number of para-hydroxylation sites is 2. The molecule has 7 aromatic rings. The lowest BCUT2D eigenvalue weighted by molar-refractivity contribution is 0.442. The highest BCUT2D eigenvalue weighted by molar-refractivity contribution is 7.99. The lowest BCUT2D eigenvalue weighted by Gasteiger charge is -2.43. The van der Waals surface area contributed by atoms with Crippen LogP contribution in [0.15, 0.2) is 168 Å². The van der Waals surface area contributed by atoms with Gasteiger partial charge in [0.05, 0.1) is 22.0 Å². The first-order valence-electron chi connectivity index (χ1n) is 16.8. The van der Waals surface area contributed by atoms with Gasteiger partial charge in [-0.3, -0.25) is 4.57 Å². The van der Waals surface area contributed by atoms with Gasteiger partial charge in [-0.1, -0.05) is 115 Å². The van der Waals surface area contributed by atoms with E-state index in [9.17, 15) is 9.65 Å². The molecule has 5 heteroatoms. The molecule has 236 valence electrons. The highest BCUT2D eigenvalue weighted by Crippen LogP contribution is 2.65. The maximum absolute atomic E-state index is 13.9. The second kappa shape index (κ2) is 11.0. The quantitative estimate of drug-likeness (QED) is 0.189. The number of hydrogen-bond donors (Lipinski definition) is 0. The molecular weight excluding hydrogens is 634 g/mol. The van der Waals surface area contributed by atoms with Crippen molar-refractivity contribution in [2.24, 2.45) is 5.92 Å². The summed E-state index contributed by atoms with van der Waals surface area (Å²) in [5, 5.41) is 10.7. The van der Waals surface area contributed by atoms with Gasteiger partial charge in [-0.05, 0) is 88.0 Å². The summed E-state index contributed by atoms with van der Waals surface area (Å²) in [6, 6.07) is 47.6. The molecular formula is C45H28FN3S. The summed E-state index contributed by atoms with van der Waals surface area (Å²) in [5.41, 5.74) is 11.1. The first kappa shape index (κ1) is 29.0. The molecule has 6 aromatic carbocycles. The molecule has 3 nitrogen and oxygen atoms in total. The molecule has 0 bridgehead atoms. The number of fused-ring (bicyclic) bond motifs is 10. The van der Waals surface area contributed by atoms with Crippen molar-refractivity contribution in [2.75, 3.05) is 0 Å². The van der Waals surface area contributed by atoms with Gasteiger partial charge < -0.3 is 0 Å². The van der Waals surface area contributed by atoms with Crippen LogP contribution in [0.1, 0.15) is 33.7 Å². The molecule has 0 N–H and O–H groups in total. The Balaban J connectivity index is 1.16. The molecule has 3 aliphatic rings. The molecule has 3 unspecified atom stereocenters. The first-order chi connectivity index (χ1) is 24.6. The van der Waals surface area contributed by atoms with Crippen molar-refractivity contribution < 1.29 is 4.39 Å². The van der Waals surface area contributed by atoms with E-state index >= 15 is 0 Å². The molecule has 0 amide bonds. The Labute approximate surface area is 293 Å². The summed E-state index contributed by atoms with van der Waals surface area (Å²) < 4.78 is 16.0. The normalized spacial score (nSPS) is 19.5. The third-order valence-corrected chi connectivity index (χ3v) is 11.9. The zero-order chi connectivity index (χ0) is 33.4. The van der Waals surface area contributed by atoms with Gasteiger partial charge in [-0.2, -0.15) is 5.26 Å². The fraction of sp³-hybridized carbons (Fsp3) is 0.0667. The van der Waals surface area contributed by atoms with Gasteiger partial charge >= 0.3 is 0 Å². The Kier molecular flexibility index (Phi) is 6.40. The van der Waals surface area contributed by atoms with E-state index in [1.54, 1.807) is 23.9 Å². The van der Waals surface area contributed by atoms with E-state index in [-0.39, 0.29) is 17.7 Å². The number of imidazole rings is 1. The predicted octanol–water partition coefficient (Wildman–Crippen LogP) is 11.0. The topological polar surface area (TPSA) is 41.6 Å². The van der Waals surface area contributed by atoms with Crippen LogP contribution in [-0.4, -0.2) is 9.55 Å². The van der Waals surface area contributed by atoms with Crippen LogP contribution < -0.4 is 0 Å². The van der Waals surface area contributed by atoms with Gasteiger partial charge in [0.15, 0.2) is 0 Å². The second-order valence-corrected chi connectivity index (χ2v) is 14.2. The minimum Gasteiger partial charge on any atom is -0.292 e. The van der Waals surface area contributed by atoms with Crippen molar-refractivity contribution in [2.45, 2.75) is 21.1 Å². The number of nitrogens with zero attached hydrogens (tertiary/aromatic N) is 3. The van der Waals surface area contributed by atoms with Crippen molar-refractivity contribution in [1.29, 1.82) is 5.26 Å². The van der Waals surface area contributed by atoms with Crippen molar-refractivity contribution in [3.05, 3.63) is 191 Å². The summed E-state index contributed by atoms with van der Waals surface area (Å²) in [6.45, 7) is 0. The molecule has 0 radical (unpaired) electrons. The van der Waals surface area contributed by atoms with Crippen molar-refractivity contribution >= 4 is 22.8 Å². The average molecular weight is 662 g/mol. The average Bonchev–Trinajstić information content (AvgIpc) is 3.70. The number of nitriles is 1. The third kappa shape index (κ3) is 4.06. The Morgan fingerprint density at radius 1 is 0.700 bits per heavy atom. The van der Waals surface area contributed by atoms with Crippen molar-refractivity contribution in [3.8, 4) is 34.3 Å². The largest absolute Gasteiger partial charge is 0.292 e. The van der Waals surface area contributed by atoms with Gasteiger partial charge in [0.25, 0.3) is 0 Å². The summed E-state index contributed by atoms with van der Waals surface area (Å²) in [6.07, 6.45) is 9.08. The molecule has 3 atom stereocenters. The van der Waals surface area contributed by atoms with Crippen molar-refractivity contribution in [1.82, 2.24) is 9.55 Å². The standard InChI is InChI=1S/C45H28FN3S/c46-32-21-23-33(24-22-32)49-41-15-7-6-14-40(41)48-44(49)29-19-17-28(18-20-29)30-25-31(27-47)43-39(26-30)45(38-13-5-8-16-42(38)50-43)36-11-3-1-9-34(36)35-10-2-4-12-37(35)45/h1-26,34,36H. The van der Waals surface area contributed by atoms with Crippen molar-refractivity contribution in [3.63, 3.8) is 0 Å². The van der Waals surface area contributed by atoms with Gasteiger partial charge in [0.1, 0.15) is 17.7 Å². The minimum absolute atomic E-state index is 0.175. The molecule has 0 saturated carbocycles. The van der Waals surface area contributed by atoms with Gasteiger partial charge in [-0.15, -0.1) is 0 Å². The van der Waals surface area contributed by atoms with Crippen LogP contribution in [0.4, 0.5) is 4.39 Å². The molecule has 1 spiro atoms. The fourth-order valence-corrected chi connectivity index (χ4v) is 9.84. The number of hydrogen-bond acceptors (Lipinski definition) is 3. The lowest BCUT2D eigenvalue weighted by Crippen LogP contribution is -2.37. The Hall–Kier alpha value is -5.96. The highest BCUT2D eigenvalue weighted by Gasteiger charge is 2.56. The zero-order valence-electron chi connectivity index (χ0n) is 26.8. The van der Waals surface area contributed by atoms with Crippen LogP contribution in [-0.2, 0) is 5.41 Å². The maximum atomic E-state index is 13.9. The maximum Gasteiger partial charge on any atom is 0.145 e. The summed E-state index contributed by atoms with van der Waals surface area (Å²) >= 11 is 1.72. The first-order valence-corrected chi connectivity index (χ1v) is 17.6. The monoisotopic (exact) mass is 661 g/mol. The van der Waals surface area contributed by atoms with Gasteiger partial charge in [0, 0.05) is 32.9 Å². The van der Waals surface area contributed by atoms with Gasteiger partial charge in [0.2, 0.25) is 0 Å². The summed E-state index contributed by atoms with van der Waals surface area (Å²) in [7, 11) is 0. The van der Waals surface area contributed by atoms with Crippen LogP contribution in [0.3, 0.4) is 0 Å². The van der Waals surface area contributed by atoms with Crippen LogP contribution in [0.25, 0.3) is 39.2 Å². The number of halogens is 1. The van der Waals surface area contributed by atoms with Crippen LogP contribution in [0, 0.1) is 23.1 Å². The number of benzene rings is 6. The number of allylic oxidation sites excluding steroid dienone is 4.